The van der Waals surface area contributed by atoms with Crippen LogP contribution in [0.4, 0.5) is 0 Å². The van der Waals surface area contributed by atoms with E-state index in [2.05, 4.69) is 4.98 Å². The van der Waals surface area contributed by atoms with Gasteiger partial charge in [-0.3, -0.25) is 4.79 Å². The highest BCUT2D eigenvalue weighted by Crippen LogP contribution is 2.24. The minimum absolute atomic E-state index is 0.00799. The van der Waals surface area contributed by atoms with Crippen LogP contribution in [0.25, 0.3) is 0 Å². The molecule has 1 heterocycles. The molecule has 0 bridgehead atoms. The Labute approximate surface area is 108 Å². The Hall–Kier alpha value is -1.42. The van der Waals surface area contributed by atoms with Crippen molar-refractivity contribution in [2.75, 3.05) is 13.2 Å². The van der Waals surface area contributed by atoms with Gasteiger partial charge in [0.25, 0.3) is 5.91 Å². The molecule has 0 spiro atoms. The number of aliphatic hydroxyl groups excluding tert-OH is 1. The Bertz CT molecular complexity index is 414. The van der Waals surface area contributed by atoms with Crippen molar-refractivity contribution in [2.24, 2.45) is 0 Å². The Morgan fingerprint density at radius 2 is 2.17 bits per heavy atom. The zero-order valence-corrected chi connectivity index (χ0v) is 10.8. The van der Waals surface area contributed by atoms with Crippen molar-refractivity contribution in [3.63, 3.8) is 0 Å². The molecule has 0 saturated heterocycles. The second-order valence-electron chi connectivity index (χ2n) is 4.82. The van der Waals surface area contributed by atoms with Crippen molar-refractivity contribution >= 4 is 5.91 Å². The summed E-state index contributed by atoms with van der Waals surface area (Å²) in [6.45, 7) is 2.29. The van der Waals surface area contributed by atoms with Crippen molar-refractivity contribution in [1.82, 2.24) is 9.88 Å². The van der Waals surface area contributed by atoms with Crippen LogP contribution in [-0.4, -0.2) is 40.1 Å². The van der Waals surface area contributed by atoms with Crippen molar-refractivity contribution in [3.8, 4) is 0 Å². The SMILES string of the molecule is Cc1cccc(C(=O)N(CCO)C2CCCC2)n1. The Morgan fingerprint density at radius 1 is 1.44 bits per heavy atom. The first kappa shape index (κ1) is 13.0. The predicted molar refractivity (Wildman–Crippen MR) is 69.4 cm³/mol. The monoisotopic (exact) mass is 248 g/mol. The predicted octanol–water partition coefficient (Wildman–Crippen LogP) is 1.77. The zero-order valence-electron chi connectivity index (χ0n) is 10.8. The lowest BCUT2D eigenvalue weighted by atomic mass is 10.2. The first-order valence-electron chi connectivity index (χ1n) is 6.58. The average Bonchev–Trinajstić information content (AvgIpc) is 2.89. The molecule has 1 N–H and O–H groups in total. The maximum Gasteiger partial charge on any atom is 0.272 e. The van der Waals surface area contributed by atoms with Crippen LogP contribution in [0.5, 0.6) is 0 Å². The van der Waals surface area contributed by atoms with Gasteiger partial charge in [0.1, 0.15) is 5.69 Å². The van der Waals surface area contributed by atoms with E-state index in [1.165, 1.54) is 12.8 Å². The van der Waals surface area contributed by atoms with Gasteiger partial charge in [-0.2, -0.15) is 0 Å². The van der Waals surface area contributed by atoms with Crippen LogP contribution in [-0.2, 0) is 0 Å². The number of pyridine rings is 1. The van der Waals surface area contributed by atoms with Crippen LogP contribution in [0.3, 0.4) is 0 Å². The molecule has 1 aliphatic carbocycles. The molecule has 18 heavy (non-hydrogen) atoms. The van der Waals surface area contributed by atoms with Crippen LogP contribution in [0.1, 0.15) is 41.9 Å². The molecule has 0 unspecified atom stereocenters. The first-order valence-corrected chi connectivity index (χ1v) is 6.58. The summed E-state index contributed by atoms with van der Waals surface area (Å²) in [6, 6.07) is 5.74. The number of aliphatic hydroxyl groups is 1. The number of rotatable bonds is 4. The molecule has 0 atom stereocenters. The second-order valence-corrected chi connectivity index (χ2v) is 4.82. The van der Waals surface area contributed by atoms with Crippen LogP contribution in [0, 0.1) is 6.92 Å². The third-order valence-electron chi connectivity index (χ3n) is 3.47. The summed E-state index contributed by atoms with van der Waals surface area (Å²) in [6.07, 6.45) is 4.41. The largest absolute Gasteiger partial charge is 0.395 e. The van der Waals surface area contributed by atoms with Gasteiger partial charge in [0.2, 0.25) is 0 Å². The van der Waals surface area contributed by atoms with Gasteiger partial charge in [-0.25, -0.2) is 4.98 Å². The maximum absolute atomic E-state index is 12.4. The summed E-state index contributed by atoms with van der Waals surface area (Å²) in [4.78, 5) is 18.5. The smallest absolute Gasteiger partial charge is 0.272 e. The molecule has 1 aromatic rings. The fraction of sp³-hybridized carbons (Fsp3) is 0.571. The van der Waals surface area contributed by atoms with Gasteiger partial charge in [-0.15, -0.1) is 0 Å². The van der Waals surface area contributed by atoms with Crippen LogP contribution < -0.4 is 0 Å². The molecule has 1 fully saturated rings. The molecule has 1 saturated carbocycles. The van der Waals surface area contributed by atoms with Gasteiger partial charge >= 0.3 is 0 Å². The Kier molecular flexibility index (Phi) is 4.31. The maximum atomic E-state index is 12.4. The number of amides is 1. The van der Waals surface area contributed by atoms with Crippen molar-refractivity contribution < 1.29 is 9.90 Å². The molecule has 0 aromatic carbocycles. The summed E-state index contributed by atoms with van der Waals surface area (Å²) in [5.74, 6) is -0.0559. The van der Waals surface area contributed by atoms with Gasteiger partial charge in [0.15, 0.2) is 0 Å². The van der Waals surface area contributed by atoms with E-state index in [4.69, 9.17) is 5.11 Å². The number of hydrogen-bond acceptors (Lipinski definition) is 3. The highest BCUT2D eigenvalue weighted by Gasteiger charge is 2.27. The molecule has 1 aliphatic rings. The van der Waals surface area contributed by atoms with E-state index in [-0.39, 0.29) is 18.6 Å². The second kappa shape index (κ2) is 5.96. The molecular weight excluding hydrogens is 228 g/mol. The van der Waals surface area contributed by atoms with E-state index < -0.39 is 0 Å². The number of carbonyl (C=O) groups excluding carboxylic acids is 1. The Balaban J connectivity index is 2.17. The van der Waals surface area contributed by atoms with E-state index in [0.29, 0.717) is 12.2 Å². The summed E-state index contributed by atoms with van der Waals surface area (Å²) >= 11 is 0. The highest BCUT2D eigenvalue weighted by atomic mass is 16.3. The molecule has 0 radical (unpaired) electrons. The quantitative estimate of drug-likeness (QED) is 0.883. The van der Waals surface area contributed by atoms with E-state index in [1.54, 1.807) is 11.0 Å². The van der Waals surface area contributed by atoms with E-state index >= 15 is 0 Å². The summed E-state index contributed by atoms with van der Waals surface area (Å²) < 4.78 is 0. The van der Waals surface area contributed by atoms with Gasteiger partial charge in [0, 0.05) is 18.3 Å². The normalized spacial score (nSPS) is 15.9. The number of carbonyl (C=O) groups is 1. The van der Waals surface area contributed by atoms with Crippen LogP contribution in [0.2, 0.25) is 0 Å². The summed E-state index contributed by atoms with van der Waals surface area (Å²) in [5, 5.41) is 9.13. The van der Waals surface area contributed by atoms with Gasteiger partial charge < -0.3 is 10.0 Å². The molecule has 98 valence electrons. The van der Waals surface area contributed by atoms with Crippen molar-refractivity contribution in [2.45, 2.75) is 38.6 Å². The number of hydrogen-bond donors (Lipinski definition) is 1. The molecule has 1 amide bonds. The van der Waals surface area contributed by atoms with Crippen LogP contribution in [0.15, 0.2) is 18.2 Å². The molecular formula is C14H20N2O2. The highest BCUT2D eigenvalue weighted by molar-refractivity contribution is 5.92. The minimum atomic E-state index is -0.0559. The number of aromatic nitrogens is 1. The molecule has 1 aromatic heterocycles. The average molecular weight is 248 g/mol. The standard InChI is InChI=1S/C14H20N2O2/c1-11-5-4-8-13(15-11)14(18)16(9-10-17)12-6-2-3-7-12/h4-5,8,12,17H,2-3,6-7,9-10H2,1H3. The Morgan fingerprint density at radius 3 is 2.78 bits per heavy atom. The van der Waals surface area contributed by atoms with E-state index in [0.717, 1.165) is 18.5 Å². The molecule has 0 aliphatic heterocycles. The van der Waals surface area contributed by atoms with E-state index in [9.17, 15) is 4.79 Å². The van der Waals surface area contributed by atoms with Crippen molar-refractivity contribution in [1.29, 1.82) is 0 Å². The number of nitrogens with zero attached hydrogens (tertiary/aromatic N) is 2. The fourth-order valence-corrected chi connectivity index (χ4v) is 2.58. The zero-order chi connectivity index (χ0) is 13.0. The third kappa shape index (κ3) is 2.88. The molecule has 2 rings (SSSR count). The fourth-order valence-electron chi connectivity index (χ4n) is 2.58. The lowest BCUT2D eigenvalue weighted by Gasteiger charge is -2.28. The minimum Gasteiger partial charge on any atom is -0.395 e. The molecule has 4 heteroatoms. The lowest BCUT2D eigenvalue weighted by Crippen LogP contribution is -2.41. The third-order valence-corrected chi connectivity index (χ3v) is 3.47. The summed E-state index contributed by atoms with van der Waals surface area (Å²) in [5.41, 5.74) is 1.33. The van der Waals surface area contributed by atoms with Gasteiger partial charge in [0.05, 0.1) is 6.61 Å². The van der Waals surface area contributed by atoms with Crippen LogP contribution >= 0.6 is 0 Å². The lowest BCUT2D eigenvalue weighted by molar-refractivity contribution is 0.0632. The first-order chi connectivity index (χ1) is 8.72. The number of aryl methyl sites for hydroxylation is 1. The van der Waals surface area contributed by atoms with E-state index in [1.807, 2.05) is 19.1 Å². The molecule has 4 nitrogen and oxygen atoms in total. The van der Waals surface area contributed by atoms with Gasteiger partial charge in [-0.05, 0) is 31.9 Å². The van der Waals surface area contributed by atoms with Gasteiger partial charge in [-0.1, -0.05) is 18.9 Å². The summed E-state index contributed by atoms with van der Waals surface area (Å²) in [7, 11) is 0. The van der Waals surface area contributed by atoms with Crippen molar-refractivity contribution in [3.05, 3.63) is 29.6 Å². The topological polar surface area (TPSA) is 53.4 Å².